The minimum Gasteiger partial charge on any atom is -0.384 e. The zero-order valence-electron chi connectivity index (χ0n) is 23.3. The molecule has 0 aliphatic carbocycles. The summed E-state index contributed by atoms with van der Waals surface area (Å²) in [6, 6.07) is 5.60. The highest BCUT2D eigenvalue weighted by atomic mass is 35.5. The lowest BCUT2D eigenvalue weighted by atomic mass is 9.91. The lowest BCUT2D eigenvalue weighted by Gasteiger charge is -2.44. The number of alkyl halides is 3. The summed E-state index contributed by atoms with van der Waals surface area (Å²) in [5, 5.41) is 15.4. The summed E-state index contributed by atoms with van der Waals surface area (Å²) in [5.41, 5.74) is 3.10. The fourth-order valence-electron chi connectivity index (χ4n) is 6.39. The van der Waals surface area contributed by atoms with Crippen LogP contribution in [-0.4, -0.2) is 73.8 Å². The fraction of sp³-hybridized carbons (Fsp3) is 0.607. The van der Waals surface area contributed by atoms with Crippen LogP contribution in [0.4, 0.5) is 19.0 Å². The molecule has 2 saturated heterocycles. The van der Waals surface area contributed by atoms with Gasteiger partial charge in [-0.1, -0.05) is 36.2 Å². The van der Waals surface area contributed by atoms with Crippen LogP contribution < -0.4 is 4.90 Å². The predicted molar refractivity (Wildman–Crippen MR) is 158 cm³/mol. The third kappa shape index (κ3) is 6.72. The number of rotatable bonds is 7. The quantitative estimate of drug-likeness (QED) is 0.306. The van der Waals surface area contributed by atoms with Gasteiger partial charge in [-0.05, 0) is 76.1 Å². The molecule has 0 amide bonds. The van der Waals surface area contributed by atoms with Crippen molar-refractivity contribution in [2.75, 3.05) is 24.5 Å². The number of fused-ring (bicyclic) bond motifs is 1. The summed E-state index contributed by atoms with van der Waals surface area (Å²) < 4.78 is 40.4. The average molecular weight is 636 g/mol. The van der Waals surface area contributed by atoms with Crippen molar-refractivity contribution >= 4 is 52.6 Å². The molecule has 2 aromatic heterocycles. The molecule has 5 atom stereocenters. The molecule has 2 aliphatic rings. The van der Waals surface area contributed by atoms with E-state index in [1.54, 1.807) is 12.3 Å². The lowest BCUT2D eigenvalue weighted by molar-refractivity contribution is -0.206. The minimum atomic E-state index is -4.56. The molecular weight excluding hydrogens is 600 g/mol. The Balaban J connectivity index is 0.00000387. The van der Waals surface area contributed by atoms with E-state index in [1.165, 1.54) is 0 Å². The Labute approximate surface area is 254 Å². The molecule has 2 aliphatic heterocycles. The normalized spacial score (nSPS) is 23.5. The number of aliphatic hydroxyl groups excluding tert-OH is 1. The first-order valence-corrected chi connectivity index (χ1v) is 14.6. The number of aromatic nitrogens is 4. The Hall–Kier alpha value is -1.85. The number of hydrogen-bond donors (Lipinski definition) is 1. The van der Waals surface area contributed by atoms with Gasteiger partial charge in [-0.15, -0.1) is 12.4 Å². The number of anilines is 1. The van der Waals surface area contributed by atoms with E-state index >= 15 is 0 Å². The van der Waals surface area contributed by atoms with E-state index in [0.29, 0.717) is 22.1 Å². The minimum absolute atomic E-state index is 0. The first-order valence-electron chi connectivity index (χ1n) is 13.9. The molecule has 13 heteroatoms. The van der Waals surface area contributed by atoms with E-state index in [9.17, 15) is 18.3 Å². The number of aliphatic hydroxyl groups is 1. The molecule has 0 spiro atoms. The smallest absolute Gasteiger partial charge is 0.384 e. The molecule has 3 aromatic rings. The zero-order chi connectivity index (χ0) is 28.8. The molecule has 5 rings (SSSR count). The molecule has 4 heterocycles. The van der Waals surface area contributed by atoms with Crippen molar-refractivity contribution in [3.63, 3.8) is 0 Å². The van der Waals surface area contributed by atoms with Gasteiger partial charge in [0.25, 0.3) is 0 Å². The predicted octanol–water partition coefficient (Wildman–Crippen LogP) is 6.86. The van der Waals surface area contributed by atoms with Crippen molar-refractivity contribution in [3.8, 4) is 0 Å². The van der Waals surface area contributed by atoms with Crippen LogP contribution in [0, 0.1) is 12.8 Å². The first kappa shape index (κ1) is 32.1. The zero-order valence-corrected chi connectivity index (χ0v) is 25.6. The van der Waals surface area contributed by atoms with Crippen molar-refractivity contribution in [2.45, 2.75) is 83.3 Å². The van der Waals surface area contributed by atoms with Crippen LogP contribution in [0.15, 0.2) is 24.4 Å². The van der Waals surface area contributed by atoms with Gasteiger partial charge >= 0.3 is 6.18 Å². The van der Waals surface area contributed by atoms with Gasteiger partial charge in [-0.3, -0.25) is 4.90 Å². The van der Waals surface area contributed by atoms with E-state index in [-0.39, 0.29) is 42.9 Å². The number of hydrogen-bond acceptors (Lipinski definition) is 6. The standard InChI is InChI=1S/C28H35Cl2F3N6O.ClH/c1-16-15-37(12-10-23(16)38-11-4-5-20(38)7-9-24(40)28(31,32)33)25-14-34-26-17(2)36-39(27(26)35-25)18(3)21-8-6-19(29)13-22(21)30;/h6,8,13-14,16,18,20,23-24,40H,4-5,7,9-12,15H2,1-3H3;1H/t16?,18?,20-,23?,24?;/m0./s1. The van der Waals surface area contributed by atoms with Crippen LogP contribution in [0.2, 0.25) is 10.0 Å². The molecule has 7 nitrogen and oxygen atoms in total. The number of likely N-dealkylation sites (tertiary alicyclic amines) is 1. The number of halogens is 6. The van der Waals surface area contributed by atoms with E-state index in [2.05, 4.69) is 16.7 Å². The maximum absolute atomic E-state index is 12.8. The Bertz CT molecular complexity index is 1360. The molecule has 0 radical (unpaired) electrons. The highest BCUT2D eigenvalue weighted by Gasteiger charge is 2.41. The van der Waals surface area contributed by atoms with E-state index in [4.69, 9.17) is 38.3 Å². The van der Waals surface area contributed by atoms with Crippen molar-refractivity contribution in [3.05, 3.63) is 45.7 Å². The van der Waals surface area contributed by atoms with E-state index in [1.807, 2.05) is 30.7 Å². The highest BCUT2D eigenvalue weighted by Crippen LogP contribution is 2.35. The third-order valence-electron chi connectivity index (χ3n) is 8.52. The Morgan fingerprint density at radius 3 is 2.61 bits per heavy atom. The van der Waals surface area contributed by atoms with Gasteiger partial charge in [0.15, 0.2) is 5.65 Å². The molecule has 1 N–H and O–H groups in total. The molecular formula is C28H36Cl3F3N6O. The van der Waals surface area contributed by atoms with Gasteiger partial charge in [0.1, 0.15) is 17.4 Å². The van der Waals surface area contributed by atoms with Crippen molar-refractivity contribution in [2.24, 2.45) is 5.92 Å². The molecule has 41 heavy (non-hydrogen) atoms. The monoisotopic (exact) mass is 634 g/mol. The SMILES string of the molecule is Cc1nn(C(C)c2ccc(Cl)cc2Cl)c2nc(N3CCC(N4CCC[C@H]4CCC(O)C(F)(F)F)C(C)C3)cnc12.Cl. The summed E-state index contributed by atoms with van der Waals surface area (Å²) in [6.07, 6.45) is -2.18. The van der Waals surface area contributed by atoms with Crippen LogP contribution in [0.1, 0.15) is 63.3 Å². The molecule has 2 fully saturated rings. The fourth-order valence-corrected chi connectivity index (χ4v) is 6.96. The van der Waals surface area contributed by atoms with E-state index in [0.717, 1.165) is 61.5 Å². The lowest BCUT2D eigenvalue weighted by Crippen LogP contribution is -2.52. The number of aryl methyl sites for hydroxylation is 1. The molecule has 226 valence electrons. The second-order valence-electron chi connectivity index (χ2n) is 11.2. The third-order valence-corrected chi connectivity index (χ3v) is 9.08. The second-order valence-corrected chi connectivity index (χ2v) is 12.1. The van der Waals surface area contributed by atoms with Crippen LogP contribution in [0.3, 0.4) is 0 Å². The molecule has 0 bridgehead atoms. The summed E-state index contributed by atoms with van der Waals surface area (Å²) in [4.78, 5) is 14.3. The van der Waals surface area contributed by atoms with Gasteiger partial charge in [0.05, 0.1) is 17.9 Å². The largest absolute Gasteiger partial charge is 0.414 e. The van der Waals surface area contributed by atoms with Crippen LogP contribution in [-0.2, 0) is 0 Å². The topological polar surface area (TPSA) is 70.3 Å². The van der Waals surface area contributed by atoms with Crippen LogP contribution in [0.25, 0.3) is 11.2 Å². The Morgan fingerprint density at radius 2 is 1.93 bits per heavy atom. The molecule has 1 aromatic carbocycles. The number of piperidine rings is 1. The van der Waals surface area contributed by atoms with Gasteiger partial charge in [-0.25, -0.2) is 14.6 Å². The van der Waals surface area contributed by atoms with Gasteiger partial charge in [0, 0.05) is 35.2 Å². The van der Waals surface area contributed by atoms with Crippen LogP contribution in [0.5, 0.6) is 0 Å². The maximum atomic E-state index is 12.8. The van der Waals surface area contributed by atoms with E-state index < -0.39 is 12.3 Å². The summed E-state index contributed by atoms with van der Waals surface area (Å²) in [6.45, 7) is 8.55. The number of nitrogens with zero attached hydrogens (tertiary/aromatic N) is 6. The average Bonchev–Trinajstić information content (AvgIpc) is 3.50. The van der Waals surface area contributed by atoms with Gasteiger partial charge in [0.2, 0.25) is 0 Å². The molecule has 4 unspecified atom stereocenters. The highest BCUT2D eigenvalue weighted by molar-refractivity contribution is 6.35. The van der Waals surface area contributed by atoms with Crippen LogP contribution >= 0.6 is 35.6 Å². The number of benzene rings is 1. The maximum Gasteiger partial charge on any atom is 0.414 e. The first-order chi connectivity index (χ1) is 18.9. The summed E-state index contributed by atoms with van der Waals surface area (Å²) >= 11 is 12.6. The summed E-state index contributed by atoms with van der Waals surface area (Å²) in [5.74, 6) is 1.07. The summed E-state index contributed by atoms with van der Waals surface area (Å²) in [7, 11) is 0. The Morgan fingerprint density at radius 1 is 1.17 bits per heavy atom. The van der Waals surface area contributed by atoms with Gasteiger partial charge in [-0.2, -0.15) is 18.3 Å². The second kappa shape index (κ2) is 12.8. The van der Waals surface area contributed by atoms with Gasteiger partial charge < -0.3 is 10.0 Å². The van der Waals surface area contributed by atoms with Crippen molar-refractivity contribution in [1.29, 1.82) is 0 Å². The Kier molecular flexibility index (Phi) is 10.0. The van der Waals surface area contributed by atoms with Crippen molar-refractivity contribution in [1.82, 2.24) is 24.6 Å². The van der Waals surface area contributed by atoms with Crippen molar-refractivity contribution < 1.29 is 18.3 Å². The molecule has 0 saturated carbocycles.